The molecule has 1 aromatic heterocycles. The Morgan fingerprint density at radius 2 is 2.27 bits per heavy atom. The average Bonchev–Trinajstić information content (AvgIpc) is 2.71. The highest BCUT2D eigenvalue weighted by Crippen LogP contribution is 2.03. The maximum Gasteiger partial charge on any atom is 0.254 e. The fourth-order valence-corrected chi connectivity index (χ4v) is 1.57. The van der Waals surface area contributed by atoms with Gasteiger partial charge in [-0.05, 0) is 24.6 Å². The minimum absolute atomic E-state index is 0.147. The van der Waals surface area contributed by atoms with Crippen LogP contribution in [0.3, 0.4) is 0 Å². The van der Waals surface area contributed by atoms with Gasteiger partial charge in [0, 0.05) is 25.0 Å². The van der Waals surface area contributed by atoms with Crippen molar-refractivity contribution in [1.82, 2.24) is 20.6 Å². The van der Waals surface area contributed by atoms with E-state index in [-0.39, 0.29) is 17.2 Å². The van der Waals surface area contributed by atoms with Crippen molar-refractivity contribution in [3.8, 4) is 0 Å². The molecule has 5 nitrogen and oxygen atoms in total. The molecule has 80 valence electrons. The fourth-order valence-electron chi connectivity index (χ4n) is 1.48. The third-order valence-corrected chi connectivity index (χ3v) is 2.47. The van der Waals surface area contributed by atoms with Gasteiger partial charge in [0.1, 0.15) is 0 Å². The van der Waals surface area contributed by atoms with Gasteiger partial charge in [-0.25, -0.2) is 9.97 Å². The molecule has 2 heterocycles. The first-order chi connectivity index (χ1) is 7.25. The van der Waals surface area contributed by atoms with E-state index in [1.807, 2.05) is 0 Å². The van der Waals surface area contributed by atoms with E-state index in [2.05, 4.69) is 20.6 Å². The SMILES string of the molecule is O=C(NC1CCNC1)c1cnc(Cl)nc1. The van der Waals surface area contributed by atoms with Crippen molar-refractivity contribution >= 4 is 17.5 Å². The van der Waals surface area contributed by atoms with E-state index in [1.54, 1.807) is 0 Å². The van der Waals surface area contributed by atoms with Gasteiger partial charge in [0.15, 0.2) is 0 Å². The van der Waals surface area contributed by atoms with Crippen LogP contribution in [0.15, 0.2) is 12.4 Å². The number of hydrogen-bond acceptors (Lipinski definition) is 4. The predicted octanol–water partition coefficient (Wildman–Crippen LogP) is 0.222. The number of hydrogen-bond donors (Lipinski definition) is 2. The molecule has 2 N–H and O–H groups in total. The number of halogens is 1. The normalized spacial score (nSPS) is 20.2. The summed E-state index contributed by atoms with van der Waals surface area (Å²) >= 11 is 5.52. The largest absolute Gasteiger partial charge is 0.348 e. The molecule has 1 atom stereocenters. The first-order valence-electron chi connectivity index (χ1n) is 4.75. The molecule has 1 aliphatic heterocycles. The fraction of sp³-hybridized carbons (Fsp3) is 0.444. The summed E-state index contributed by atoms with van der Waals surface area (Å²) in [6.07, 6.45) is 3.81. The molecule has 0 saturated carbocycles. The van der Waals surface area contributed by atoms with Gasteiger partial charge >= 0.3 is 0 Å². The Labute approximate surface area is 92.3 Å². The number of carbonyl (C=O) groups excluding carboxylic acids is 1. The lowest BCUT2D eigenvalue weighted by molar-refractivity contribution is 0.0939. The monoisotopic (exact) mass is 226 g/mol. The summed E-state index contributed by atoms with van der Waals surface area (Å²) in [7, 11) is 0. The third-order valence-electron chi connectivity index (χ3n) is 2.28. The highest BCUT2D eigenvalue weighted by molar-refractivity contribution is 6.28. The van der Waals surface area contributed by atoms with Crippen LogP contribution < -0.4 is 10.6 Å². The van der Waals surface area contributed by atoms with Gasteiger partial charge in [-0.2, -0.15) is 0 Å². The summed E-state index contributed by atoms with van der Waals surface area (Å²) in [5.41, 5.74) is 0.436. The van der Waals surface area contributed by atoms with Crippen LogP contribution in [0.4, 0.5) is 0 Å². The number of aromatic nitrogens is 2. The molecule has 0 radical (unpaired) electrons. The summed E-state index contributed by atoms with van der Waals surface area (Å²) in [5, 5.41) is 6.21. The molecular formula is C9H11ClN4O. The molecule has 1 aromatic rings. The highest BCUT2D eigenvalue weighted by Gasteiger charge is 2.17. The molecule has 1 saturated heterocycles. The minimum atomic E-state index is -0.152. The smallest absolute Gasteiger partial charge is 0.254 e. The summed E-state index contributed by atoms with van der Waals surface area (Å²) in [4.78, 5) is 19.2. The molecule has 2 rings (SSSR count). The van der Waals surface area contributed by atoms with Gasteiger partial charge in [-0.3, -0.25) is 4.79 Å². The summed E-state index contributed by atoms with van der Waals surface area (Å²) in [6.45, 7) is 1.77. The van der Waals surface area contributed by atoms with E-state index in [9.17, 15) is 4.79 Å². The summed E-state index contributed by atoms with van der Waals surface area (Å²) < 4.78 is 0. The van der Waals surface area contributed by atoms with Crippen LogP contribution in [0.2, 0.25) is 5.28 Å². The van der Waals surface area contributed by atoms with E-state index in [0.717, 1.165) is 19.5 Å². The van der Waals surface area contributed by atoms with Gasteiger partial charge in [-0.1, -0.05) is 0 Å². The van der Waals surface area contributed by atoms with E-state index in [0.29, 0.717) is 5.56 Å². The molecule has 1 unspecified atom stereocenters. The second-order valence-electron chi connectivity index (χ2n) is 3.40. The van der Waals surface area contributed by atoms with Crippen LogP contribution in [0.1, 0.15) is 16.8 Å². The van der Waals surface area contributed by atoms with Crippen LogP contribution in [-0.2, 0) is 0 Å². The zero-order valence-electron chi connectivity index (χ0n) is 8.03. The van der Waals surface area contributed by atoms with Gasteiger partial charge in [-0.15, -0.1) is 0 Å². The van der Waals surface area contributed by atoms with E-state index < -0.39 is 0 Å². The molecule has 1 fully saturated rings. The average molecular weight is 227 g/mol. The minimum Gasteiger partial charge on any atom is -0.348 e. The van der Waals surface area contributed by atoms with Crippen LogP contribution >= 0.6 is 11.6 Å². The van der Waals surface area contributed by atoms with Crippen LogP contribution in [0.5, 0.6) is 0 Å². The zero-order valence-corrected chi connectivity index (χ0v) is 8.79. The Kier molecular flexibility index (Phi) is 3.13. The third kappa shape index (κ3) is 2.64. The Bertz CT molecular complexity index is 348. The Balaban J connectivity index is 1.98. The first-order valence-corrected chi connectivity index (χ1v) is 5.12. The number of rotatable bonds is 2. The molecule has 15 heavy (non-hydrogen) atoms. The standard InChI is InChI=1S/C9H11ClN4O/c10-9-12-3-6(4-13-9)8(15)14-7-1-2-11-5-7/h3-4,7,11H,1-2,5H2,(H,14,15). The maximum atomic E-state index is 11.6. The van der Waals surface area contributed by atoms with Gasteiger partial charge in [0.25, 0.3) is 5.91 Å². The van der Waals surface area contributed by atoms with Crippen molar-refractivity contribution in [2.75, 3.05) is 13.1 Å². The molecule has 0 spiro atoms. The van der Waals surface area contributed by atoms with Gasteiger partial charge < -0.3 is 10.6 Å². The number of amides is 1. The Morgan fingerprint density at radius 3 is 2.87 bits per heavy atom. The first kappa shape index (κ1) is 10.3. The van der Waals surface area contributed by atoms with E-state index >= 15 is 0 Å². The molecule has 1 aliphatic rings. The quantitative estimate of drug-likeness (QED) is 0.709. The van der Waals surface area contributed by atoms with Crippen molar-refractivity contribution < 1.29 is 4.79 Å². The van der Waals surface area contributed by atoms with Crippen LogP contribution in [0.25, 0.3) is 0 Å². The molecular weight excluding hydrogens is 216 g/mol. The molecule has 1 amide bonds. The highest BCUT2D eigenvalue weighted by atomic mass is 35.5. The van der Waals surface area contributed by atoms with Gasteiger partial charge in [0.05, 0.1) is 5.56 Å². The lowest BCUT2D eigenvalue weighted by Crippen LogP contribution is -2.36. The lowest BCUT2D eigenvalue weighted by Gasteiger charge is -2.10. The number of nitrogens with one attached hydrogen (secondary N) is 2. The second-order valence-corrected chi connectivity index (χ2v) is 3.74. The van der Waals surface area contributed by atoms with E-state index in [1.165, 1.54) is 12.4 Å². The molecule has 0 aliphatic carbocycles. The van der Waals surface area contributed by atoms with Crippen molar-refractivity contribution in [3.63, 3.8) is 0 Å². The number of nitrogens with zero attached hydrogens (tertiary/aromatic N) is 2. The maximum absolute atomic E-state index is 11.6. The second kappa shape index (κ2) is 4.55. The molecule has 0 bridgehead atoms. The summed E-state index contributed by atoms with van der Waals surface area (Å²) in [6, 6.07) is 0.202. The predicted molar refractivity (Wildman–Crippen MR) is 55.8 cm³/mol. The van der Waals surface area contributed by atoms with Crippen molar-refractivity contribution in [3.05, 3.63) is 23.2 Å². The zero-order chi connectivity index (χ0) is 10.7. The van der Waals surface area contributed by atoms with Crippen LogP contribution in [-0.4, -0.2) is 35.0 Å². The molecule has 6 heteroatoms. The van der Waals surface area contributed by atoms with Crippen molar-refractivity contribution in [2.45, 2.75) is 12.5 Å². The summed E-state index contributed by atoms with van der Waals surface area (Å²) in [5.74, 6) is -0.152. The van der Waals surface area contributed by atoms with Crippen molar-refractivity contribution in [2.24, 2.45) is 0 Å². The Hall–Kier alpha value is -1.20. The Morgan fingerprint density at radius 1 is 1.53 bits per heavy atom. The van der Waals surface area contributed by atoms with E-state index in [4.69, 9.17) is 11.6 Å². The topological polar surface area (TPSA) is 66.9 Å². The van der Waals surface area contributed by atoms with Crippen LogP contribution in [0, 0.1) is 0 Å². The van der Waals surface area contributed by atoms with Crippen molar-refractivity contribution in [1.29, 1.82) is 0 Å². The van der Waals surface area contributed by atoms with Gasteiger partial charge in [0.2, 0.25) is 5.28 Å². The molecule has 0 aromatic carbocycles. The lowest BCUT2D eigenvalue weighted by atomic mass is 10.2. The number of carbonyl (C=O) groups is 1.